The average molecular weight is 290 g/mol. The molecule has 1 saturated heterocycles. The summed E-state index contributed by atoms with van der Waals surface area (Å²) < 4.78 is 6.10. The fraction of sp³-hybridized carbons (Fsp3) is 0.667. The molecule has 1 aromatic rings. The molecule has 0 radical (unpaired) electrons. The van der Waals surface area contributed by atoms with Crippen LogP contribution < -0.4 is 10.1 Å². The second kappa shape index (κ2) is 8.40. The third kappa shape index (κ3) is 5.01. The van der Waals surface area contributed by atoms with Gasteiger partial charge in [0.05, 0.1) is 0 Å². The first-order valence-electron chi connectivity index (χ1n) is 8.39. The van der Waals surface area contributed by atoms with Crippen molar-refractivity contribution in [2.24, 2.45) is 0 Å². The van der Waals surface area contributed by atoms with E-state index in [9.17, 15) is 0 Å². The van der Waals surface area contributed by atoms with Gasteiger partial charge in [-0.15, -0.1) is 0 Å². The molecule has 118 valence electrons. The van der Waals surface area contributed by atoms with E-state index in [2.05, 4.69) is 49.2 Å². The van der Waals surface area contributed by atoms with Crippen molar-refractivity contribution < 1.29 is 4.74 Å². The summed E-state index contributed by atoms with van der Waals surface area (Å²) in [5.74, 6) is 1.05. The van der Waals surface area contributed by atoms with Crippen LogP contribution in [-0.2, 0) is 0 Å². The van der Waals surface area contributed by atoms with E-state index in [-0.39, 0.29) is 0 Å². The first-order chi connectivity index (χ1) is 10.2. The van der Waals surface area contributed by atoms with Gasteiger partial charge >= 0.3 is 0 Å². The Hall–Kier alpha value is -1.06. The van der Waals surface area contributed by atoms with Crippen LogP contribution in [-0.4, -0.2) is 37.7 Å². The minimum Gasteiger partial charge on any atom is -0.492 e. The van der Waals surface area contributed by atoms with Gasteiger partial charge in [-0.3, -0.25) is 4.90 Å². The van der Waals surface area contributed by atoms with E-state index in [0.29, 0.717) is 6.04 Å². The van der Waals surface area contributed by atoms with Gasteiger partial charge in [-0.1, -0.05) is 19.1 Å². The van der Waals surface area contributed by atoms with E-state index in [0.717, 1.165) is 31.9 Å². The Morgan fingerprint density at radius 1 is 1.29 bits per heavy atom. The molecule has 1 aliphatic heterocycles. The summed E-state index contributed by atoms with van der Waals surface area (Å²) in [6.07, 6.45) is 3.84. The van der Waals surface area contributed by atoms with Gasteiger partial charge in [0, 0.05) is 18.2 Å². The van der Waals surface area contributed by atoms with Gasteiger partial charge < -0.3 is 10.1 Å². The fourth-order valence-corrected chi connectivity index (χ4v) is 2.89. The molecule has 0 amide bonds. The van der Waals surface area contributed by atoms with Crippen LogP contribution in [0.4, 0.5) is 0 Å². The monoisotopic (exact) mass is 290 g/mol. The summed E-state index contributed by atoms with van der Waals surface area (Å²) in [6.45, 7) is 11.9. The molecule has 1 N–H and O–H groups in total. The highest BCUT2D eigenvalue weighted by Crippen LogP contribution is 2.26. The molecule has 1 heterocycles. The lowest BCUT2D eigenvalue weighted by Gasteiger charge is -2.20. The van der Waals surface area contributed by atoms with Gasteiger partial charge in [0.1, 0.15) is 12.4 Å². The molecule has 1 unspecified atom stereocenters. The summed E-state index contributed by atoms with van der Waals surface area (Å²) in [5, 5.41) is 3.55. The predicted octanol–water partition coefficient (Wildman–Crippen LogP) is 3.53. The van der Waals surface area contributed by atoms with Crippen LogP contribution in [0.3, 0.4) is 0 Å². The Kier molecular flexibility index (Phi) is 6.52. The number of nitrogens with zero attached hydrogens (tertiary/aromatic N) is 1. The van der Waals surface area contributed by atoms with E-state index in [1.165, 1.54) is 37.1 Å². The lowest BCUT2D eigenvalue weighted by molar-refractivity contribution is 0.235. The predicted molar refractivity (Wildman–Crippen MR) is 89.1 cm³/mol. The van der Waals surface area contributed by atoms with E-state index in [1.54, 1.807) is 0 Å². The Labute approximate surface area is 129 Å². The zero-order valence-corrected chi connectivity index (χ0v) is 13.8. The summed E-state index contributed by atoms with van der Waals surface area (Å²) in [4.78, 5) is 2.49. The third-order valence-electron chi connectivity index (χ3n) is 4.20. The standard InChI is InChI=1S/C18H30N2O/c1-4-9-19-16(3)17-8-7-15(2)14-18(17)21-13-12-20-10-5-6-11-20/h7-8,14,16,19H,4-6,9-13H2,1-3H3. The minimum atomic E-state index is 0.340. The maximum atomic E-state index is 6.10. The Balaban J connectivity index is 1.93. The quantitative estimate of drug-likeness (QED) is 0.792. The van der Waals surface area contributed by atoms with Crippen molar-refractivity contribution in [3.63, 3.8) is 0 Å². The number of ether oxygens (including phenoxy) is 1. The highest BCUT2D eigenvalue weighted by atomic mass is 16.5. The van der Waals surface area contributed by atoms with Crippen molar-refractivity contribution in [1.29, 1.82) is 0 Å². The van der Waals surface area contributed by atoms with Crippen molar-refractivity contribution >= 4 is 0 Å². The van der Waals surface area contributed by atoms with Crippen LogP contribution in [0.25, 0.3) is 0 Å². The zero-order chi connectivity index (χ0) is 15.1. The molecule has 0 spiro atoms. The van der Waals surface area contributed by atoms with Crippen molar-refractivity contribution in [3.8, 4) is 5.75 Å². The lowest BCUT2D eigenvalue weighted by Crippen LogP contribution is -2.25. The Bertz CT molecular complexity index is 427. The zero-order valence-electron chi connectivity index (χ0n) is 13.8. The number of nitrogens with one attached hydrogen (secondary N) is 1. The molecule has 1 aliphatic rings. The van der Waals surface area contributed by atoms with Gasteiger partial charge in [0.15, 0.2) is 0 Å². The third-order valence-corrected chi connectivity index (χ3v) is 4.20. The molecule has 0 aromatic heterocycles. The highest BCUT2D eigenvalue weighted by Gasteiger charge is 2.13. The van der Waals surface area contributed by atoms with Gasteiger partial charge in [0.25, 0.3) is 0 Å². The second-order valence-electron chi connectivity index (χ2n) is 6.11. The first-order valence-corrected chi connectivity index (χ1v) is 8.39. The molecular weight excluding hydrogens is 260 g/mol. The van der Waals surface area contributed by atoms with Gasteiger partial charge in [0.2, 0.25) is 0 Å². The topological polar surface area (TPSA) is 24.5 Å². The van der Waals surface area contributed by atoms with Gasteiger partial charge in [-0.25, -0.2) is 0 Å². The molecule has 3 heteroatoms. The summed E-state index contributed by atoms with van der Waals surface area (Å²) in [6, 6.07) is 6.89. The van der Waals surface area contributed by atoms with Crippen LogP contribution in [0.15, 0.2) is 18.2 Å². The molecule has 1 aromatic carbocycles. The fourth-order valence-electron chi connectivity index (χ4n) is 2.89. The number of likely N-dealkylation sites (tertiary alicyclic amines) is 1. The van der Waals surface area contributed by atoms with Crippen LogP contribution >= 0.6 is 0 Å². The van der Waals surface area contributed by atoms with Crippen molar-refractivity contribution in [3.05, 3.63) is 29.3 Å². The molecule has 1 atom stereocenters. The molecule has 1 fully saturated rings. The van der Waals surface area contributed by atoms with Crippen LogP contribution in [0.2, 0.25) is 0 Å². The Morgan fingerprint density at radius 3 is 2.76 bits per heavy atom. The van der Waals surface area contributed by atoms with Gasteiger partial charge in [-0.2, -0.15) is 0 Å². The van der Waals surface area contributed by atoms with Crippen molar-refractivity contribution in [2.75, 3.05) is 32.8 Å². The molecule has 0 bridgehead atoms. The number of benzene rings is 1. The smallest absolute Gasteiger partial charge is 0.124 e. The minimum absolute atomic E-state index is 0.340. The van der Waals surface area contributed by atoms with Crippen molar-refractivity contribution in [2.45, 2.75) is 46.1 Å². The molecule has 0 saturated carbocycles. The van der Waals surface area contributed by atoms with Gasteiger partial charge in [-0.05, 0) is 64.4 Å². The summed E-state index contributed by atoms with van der Waals surface area (Å²) >= 11 is 0. The number of rotatable bonds is 8. The van der Waals surface area contributed by atoms with E-state index >= 15 is 0 Å². The number of hydrogen-bond donors (Lipinski definition) is 1. The maximum absolute atomic E-state index is 6.10. The maximum Gasteiger partial charge on any atom is 0.124 e. The largest absolute Gasteiger partial charge is 0.492 e. The molecular formula is C18H30N2O. The van der Waals surface area contributed by atoms with E-state index < -0.39 is 0 Å². The number of aryl methyl sites for hydroxylation is 1. The summed E-state index contributed by atoms with van der Waals surface area (Å²) in [5.41, 5.74) is 2.54. The lowest BCUT2D eigenvalue weighted by atomic mass is 10.0. The van der Waals surface area contributed by atoms with Crippen LogP contribution in [0.1, 0.15) is 50.3 Å². The first kappa shape index (κ1) is 16.3. The number of hydrogen-bond acceptors (Lipinski definition) is 3. The SMILES string of the molecule is CCCNC(C)c1ccc(C)cc1OCCN1CCCC1. The molecule has 21 heavy (non-hydrogen) atoms. The Morgan fingerprint density at radius 2 is 2.05 bits per heavy atom. The van der Waals surface area contributed by atoms with E-state index in [4.69, 9.17) is 4.74 Å². The second-order valence-corrected chi connectivity index (χ2v) is 6.11. The van der Waals surface area contributed by atoms with Crippen LogP contribution in [0, 0.1) is 6.92 Å². The average Bonchev–Trinajstić information content (AvgIpc) is 2.98. The molecule has 0 aliphatic carbocycles. The highest BCUT2D eigenvalue weighted by molar-refractivity contribution is 5.39. The van der Waals surface area contributed by atoms with E-state index in [1.807, 2.05) is 0 Å². The normalized spacial score (nSPS) is 17.1. The summed E-state index contributed by atoms with van der Waals surface area (Å²) in [7, 11) is 0. The molecule has 3 nitrogen and oxygen atoms in total. The molecule has 2 rings (SSSR count). The van der Waals surface area contributed by atoms with Crippen LogP contribution in [0.5, 0.6) is 5.75 Å². The van der Waals surface area contributed by atoms with Crippen molar-refractivity contribution in [1.82, 2.24) is 10.2 Å².